The molecule has 11 fully saturated rings. The minimum atomic E-state index is -2.75. The Bertz CT molecular complexity index is 3380. The van der Waals surface area contributed by atoms with Crippen molar-refractivity contribution in [1.29, 1.82) is 0 Å². The van der Waals surface area contributed by atoms with Gasteiger partial charge in [0.25, 0.3) is 0 Å². The summed E-state index contributed by atoms with van der Waals surface area (Å²) in [6, 6.07) is -3.73. The lowest BCUT2D eigenvalue weighted by Crippen LogP contribution is -2.70. The van der Waals surface area contributed by atoms with Gasteiger partial charge in [0.15, 0.2) is 69.2 Å². The molecule has 55 atom stereocenters. The fourth-order valence-corrected chi connectivity index (χ4v) is 16.4. The maximum atomic E-state index is 13.2. The molecule has 744 valence electrons. The highest BCUT2D eigenvalue weighted by atomic mass is 16.8. The number of carbonyl (C=O) groups is 2. The van der Waals surface area contributed by atoms with Gasteiger partial charge in [-0.1, -0.05) is 0 Å². The molecule has 0 saturated carbocycles. The van der Waals surface area contributed by atoms with Crippen LogP contribution in [0.1, 0.15) is 13.8 Å². The van der Waals surface area contributed by atoms with Crippen LogP contribution < -0.4 is 10.6 Å². The quantitative estimate of drug-likeness (QED) is 0.0290. The number of hydrogen-bond donors (Lipinski definition) is 35. The van der Waals surface area contributed by atoms with E-state index in [4.69, 9.17) is 99.5 Å². The summed E-state index contributed by atoms with van der Waals surface area (Å²) in [4.78, 5) is 25.4. The number of nitrogens with one attached hydrogen (secondary N) is 2. The number of carbonyl (C=O) groups excluding carboxylic acids is 2. The molecule has 1 unspecified atom stereocenters. The smallest absolute Gasteiger partial charge is 0.217 e. The van der Waals surface area contributed by atoms with Gasteiger partial charge in [0, 0.05) is 13.8 Å². The van der Waals surface area contributed by atoms with Crippen molar-refractivity contribution < 1.29 is 278 Å². The molecule has 11 aliphatic heterocycles. The summed E-state index contributed by atoms with van der Waals surface area (Å²) in [6.45, 7) is -10.7. The van der Waals surface area contributed by atoms with Gasteiger partial charge in [0.2, 0.25) is 11.8 Å². The van der Waals surface area contributed by atoms with Gasteiger partial charge in [-0.2, -0.15) is 0 Å². The van der Waals surface area contributed by atoms with Crippen LogP contribution in [0.2, 0.25) is 0 Å². The number of aliphatic hydroxyl groups excluding tert-OH is 33. The van der Waals surface area contributed by atoms with Crippen molar-refractivity contribution in [3.63, 3.8) is 0 Å². The third-order valence-electron chi connectivity index (χ3n) is 23.7. The molecule has 0 aliphatic carbocycles. The first kappa shape index (κ1) is 105. The predicted octanol–water partition coefficient (Wildman–Crippen LogP) is -24.7. The Morgan fingerprint density at radius 3 is 0.828 bits per heavy atom. The molecule has 0 spiro atoms. The van der Waals surface area contributed by atoms with E-state index in [0.717, 1.165) is 13.8 Å². The highest BCUT2D eigenvalue weighted by Gasteiger charge is 2.62. The van der Waals surface area contributed by atoms with Crippen LogP contribution in [0, 0.1) is 0 Å². The van der Waals surface area contributed by atoms with E-state index in [1.807, 2.05) is 0 Å². The monoisotopic (exact) mass is 1880 g/mol. The van der Waals surface area contributed by atoms with E-state index in [1.165, 1.54) is 0 Å². The van der Waals surface area contributed by atoms with Crippen LogP contribution in [0.4, 0.5) is 0 Å². The van der Waals surface area contributed by atoms with Crippen molar-refractivity contribution >= 4 is 11.8 Å². The van der Waals surface area contributed by atoms with Crippen molar-refractivity contribution in [1.82, 2.24) is 10.6 Å². The van der Waals surface area contributed by atoms with Gasteiger partial charge < -0.3 is 279 Å². The zero-order valence-electron chi connectivity index (χ0n) is 67.7. The summed E-state index contributed by atoms with van der Waals surface area (Å²) in [5.74, 6) is -1.84. The standard InChI is InChI=1S/C70H118N2O56/c1-14(81)71-27-38(92)53(22(9-79)111-60(27)107)122-61-28(72-15(2)82)39(93)54(23(10-80)118-61)123-67-52(106)56(125-70-59(46(100)35(89)24(121-70)11-108-62-47(101)40(94)29(83)16(3-73)112-62)128-69-58(45(99)34(88)21(8-78)117-69)127-66-50(104)43(97)32(86)19(6-76)115-66)37(91)26(120-67)12-109-63-51(105)55(124-64-48(102)41(95)30(84)17(4-74)113-64)36(90)25(119-63)13-110-68-57(44(98)33(87)20(7-77)116-68)126-65-49(103)42(96)31(85)18(5-75)114-65/h16-70,73-80,83-107H,3-13H2,1-2H3,(H,71,81)(H,72,82)/t16-,17-,18-,19-,20-,21-,22-,23-,24-,25-,26-,27-,28-,29-,30-,31-,32-,33-,34-,35-,36-,37-,38-,39-,40+,41+,42+,43+,44+,45+,46+,47+,48+,49+,50-,51+,52+,53-,54-,55+,56+,57+,58+,59+,60?,61+,62+,63+,64-,65-,66-,67+,68+,69-,70-/m1/s1. The molecule has 35 N–H and O–H groups in total. The second kappa shape index (κ2) is 45.8. The first-order valence-electron chi connectivity index (χ1n) is 40.7. The lowest BCUT2D eigenvalue weighted by atomic mass is 9.94. The Morgan fingerprint density at radius 1 is 0.203 bits per heavy atom. The summed E-state index contributed by atoms with van der Waals surface area (Å²) < 4.78 is 123. The summed E-state index contributed by atoms with van der Waals surface area (Å²) in [5, 5.41) is 372. The molecule has 58 nitrogen and oxygen atoms in total. The number of aliphatic hydroxyl groups is 33. The first-order chi connectivity index (χ1) is 60.6. The number of rotatable bonds is 33. The van der Waals surface area contributed by atoms with Crippen LogP contribution >= 0.6 is 0 Å². The van der Waals surface area contributed by atoms with Gasteiger partial charge in [0.1, 0.15) is 268 Å². The van der Waals surface area contributed by atoms with E-state index in [2.05, 4.69) is 10.6 Å². The summed E-state index contributed by atoms with van der Waals surface area (Å²) in [7, 11) is 0. The normalized spacial score (nSPS) is 51.7. The number of ether oxygens (including phenoxy) is 21. The molecule has 0 radical (unpaired) electrons. The van der Waals surface area contributed by atoms with E-state index in [0.29, 0.717) is 0 Å². The average Bonchev–Trinajstić information content (AvgIpc) is 0.765. The molecule has 0 aromatic carbocycles. The number of amides is 2. The van der Waals surface area contributed by atoms with Gasteiger partial charge >= 0.3 is 0 Å². The molecule has 2 amide bonds. The van der Waals surface area contributed by atoms with Gasteiger partial charge in [-0.15, -0.1) is 0 Å². The molecular formula is C70H118N2O56. The lowest BCUT2D eigenvalue weighted by Gasteiger charge is -2.51. The second-order valence-electron chi connectivity index (χ2n) is 32.4. The van der Waals surface area contributed by atoms with Crippen molar-refractivity contribution in [2.45, 2.75) is 351 Å². The molecule has 11 aliphatic rings. The highest BCUT2D eigenvalue weighted by Crippen LogP contribution is 2.41. The highest BCUT2D eigenvalue weighted by molar-refractivity contribution is 5.73. The van der Waals surface area contributed by atoms with E-state index < -0.39 is 422 Å². The molecule has 11 heterocycles. The average molecular weight is 1880 g/mol. The fraction of sp³-hybridized carbons (Fsp3) is 0.971. The Morgan fingerprint density at radius 2 is 0.430 bits per heavy atom. The van der Waals surface area contributed by atoms with Crippen molar-refractivity contribution in [2.24, 2.45) is 0 Å². The van der Waals surface area contributed by atoms with E-state index in [-0.39, 0.29) is 0 Å². The molecule has 11 rings (SSSR count). The third kappa shape index (κ3) is 22.6. The SMILES string of the molecule is CC(=O)N[C@H]1[C@H](O[C@H]2[C@H](O)[C@@H](NC(C)=O)C(O)O[C@@H]2CO)O[C@H](CO)[C@@H](O[C@@H]2O[C@H](CO[C@H]3O[C@H](CO[C@H]4O[C@H](CO)[C@@H](O)[C@H](O)[C@@H]4O[C@H]4O[C@H](CO)[C@@H](O)[C@H](O)[C@@H]4O)[C@@H](O)[C@H](O[C@H]4O[C@H](CO)[C@@H](O)[C@H](O)[C@@H]4O)[C@@H]3O)[C@@H](O)[C@H](O[C@H]3O[C@H](CO[C@H]4O[C@H](CO)[C@@H](O)[C@H](O)[C@@H]4O)[C@@H](O)[C@H](O)[C@@H]3O[C@H]3O[C@H](CO)[C@@H](O)[C@H](O)[C@@H]3O[C@H]3O[C@H](CO)[C@@H](O)[C@H](O)[C@H]3O)[C@@H]2O)[C@@H]1O. The van der Waals surface area contributed by atoms with Gasteiger partial charge in [-0.05, 0) is 0 Å². The molecule has 0 aromatic heterocycles. The van der Waals surface area contributed by atoms with Gasteiger partial charge in [-0.3, -0.25) is 9.59 Å². The molecule has 11 saturated heterocycles. The van der Waals surface area contributed by atoms with E-state index in [9.17, 15) is 178 Å². The van der Waals surface area contributed by atoms with Crippen molar-refractivity contribution in [2.75, 3.05) is 72.7 Å². The first-order valence-corrected chi connectivity index (χ1v) is 40.7. The second-order valence-corrected chi connectivity index (χ2v) is 32.4. The Kier molecular flexibility index (Phi) is 37.7. The van der Waals surface area contributed by atoms with Crippen molar-refractivity contribution in [3.8, 4) is 0 Å². The molecule has 0 aromatic rings. The van der Waals surface area contributed by atoms with Gasteiger partial charge in [-0.25, -0.2) is 0 Å². The molecular weight excluding hydrogens is 1760 g/mol. The summed E-state index contributed by atoms with van der Waals surface area (Å²) in [6.07, 6.45) is -117. The zero-order valence-corrected chi connectivity index (χ0v) is 67.7. The molecule has 58 heteroatoms. The Labute approximate surface area is 722 Å². The van der Waals surface area contributed by atoms with E-state index >= 15 is 0 Å². The summed E-state index contributed by atoms with van der Waals surface area (Å²) in [5.41, 5.74) is 0. The topological polar surface area (TPSA) is 920 Å². The van der Waals surface area contributed by atoms with Crippen LogP contribution in [0.3, 0.4) is 0 Å². The third-order valence-corrected chi connectivity index (χ3v) is 23.7. The largest absolute Gasteiger partial charge is 0.394 e. The maximum Gasteiger partial charge on any atom is 0.217 e. The van der Waals surface area contributed by atoms with Crippen LogP contribution in [-0.2, 0) is 109 Å². The minimum absolute atomic E-state index is 0.829. The Hall–Kier alpha value is -3.22. The van der Waals surface area contributed by atoms with Crippen molar-refractivity contribution in [3.05, 3.63) is 0 Å². The van der Waals surface area contributed by atoms with Crippen LogP contribution in [0.15, 0.2) is 0 Å². The maximum absolute atomic E-state index is 13.2. The minimum Gasteiger partial charge on any atom is -0.394 e. The van der Waals surface area contributed by atoms with Gasteiger partial charge in [0.05, 0.1) is 72.7 Å². The summed E-state index contributed by atoms with van der Waals surface area (Å²) >= 11 is 0. The zero-order chi connectivity index (χ0) is 94.0. The molecule has 128 heavy (non-hydrogen) atoms. The predicted molar refractivity (Wildman–Crippen MR) is 386 cm³/mol. The fourth-order valence-electron chi connectivity index (χ4n) is 16.4. The van der Waals surface area contributed by atoms with Crippen LogP contribution in [0.5, 0.6) is 0 Å². The lowest BCUT2D eigenvalue weighted by molar-refractivity contribution is -0.409. The van der Waals surface area contributed by atoms with E-state index in [1.54, 1.807) is 0 Å². The van der Waals surface area contributed by atoms with Crippen LogP contribution in [-0.4, -0.2) is 591 Å². The number of hydrogen-bond acceptors (Lipinski definition) is 56. The Balaban J connectivity index is 0.967. The molecule has 0 bridgehead atoms. The van der Waals surface area contributed by atoms with Crippen LogP contribution in [0.25, 0.3) is 0 Å².